The largest absolute Gasteiger partial charge is 0.497 e. The highest BCUT2D eigenvalue weighted by Gasteiger charge is 2.23. The number of amides is 1. The first-order valence-corrected chi connectivity index (χ1v) is 8.46. The molecule has 3 rings (SSSR count). The molecule has 2 aromatic carbocycles. The summed E-state index contributed by atoms with van der Waals surface area (Å²) in [4.78, 5) is 14.0. The topological polar surface area (TPSA) is 47.6 Å². The van der Waals surface area contributed by atoms with Gasteiger partial charge in [0.1, 0.15) is 11.5 Å². The smallest absolute Gasteiger partial charge is 0.255 e. The predicted octanol–water partition coefficient (Wildman–Crippen LogP) is 3.67. The van der Waals surface area contributed by atoms with Crippen molar-refractivity contribution in [3.05, 3.63) is 53.6 Å². The van der Waals surface area contributed by atoms with Crippen LogP contribution >= 0.6 is 11.8 Å². The third-order valence-electron chi connectivity index (χ3n) is 3.92. The second kappa shape index (κ2) is 6.96. The Hall–Kier alpha value is -2.14. The van der Waals surface area contributed by atoms with Crippen LogP contribution in [0.1, 0.15) is 28.4 Å². The molecule has 5 heteroatoms. The summed E-state index contributed by atoms with van der Waals surface area (Å²) < 4.78 is 10.5. The van der Waals surface area contributed by atoms with Gasteiger partial charge in [0.05, 0.1) is 25.8 Å². The van der Waals surface area contributed by atoms with Gasteiger partial charge in [-0.15, -0.1) is 11.8 Å². The molecule has 0 saturated carbocycles. The van der Waals surface area contributed by atoms with E-state index in [-0.39, 0.29) is 11.9 Å². The zero-order valence-corrected chi connectivity index (χ0v) is 14.0. The normalized spacial score (nSPS) is 16.3. The number of hydrogen-bond donors (Lipinski definition) is 1. The van der Waals surface area contributed by atoms with Crippen LogP contribution in [-0.2, 0) is 0 Å². The lowest BCUT2D eigenvalue weighted by Gasteiger charge is -2.26. The molecule has 1 amide bonds. The third-order valence-corrected chi connectivity index (χ3v) is 5.04. The number of carbonyl (C=O) groups is 1. The first kappa shape index (κ1) is 15.7. The summed E-state index contributed by atoms with van der Waals surface area (Å²) >= 11 is 1.83. The van der Waals surface area contributed by atoms with Crippen molar-refractivity contribution in [1.29, 1.82) is 0 Å². The van der Waals surface area contributed by atoms with E-state index in [1.54, 1.807) is 32.4 Å². The molecule has 4 nitrogen and oxygen atoms in total. The second-order valence-electron chi connectivity index (χ2n) is 5.27. The molecule has 0 aliphatic carbocycles. The summed E-state index contributed by atoms with van der Waals surface area (Å²) in [5, 5.41) is 3.13. The number of fused-ring (bicyclic) bond motifs is 1. The molecule has 1 N–H and O–H groups in total. The van der Waals surface area contributed by atoms with Gasteiger partial charge in [-0.25, -0.2) is 0 Å². The number of nitrogens with one attached hydrogen (secondary N) is 1. The SMILES string of the molecule is COc1ccc(OC)c(C(=O)N[C@H]2CCSc3ccccc32)c1. The van der Waals surface area contributed by atoms with Gasteiger partial charge >= 0.3 is 0 Å². The first-order valence-electron chi connectivity index (χ1n) is 7.47. The average molecular weight is 329 g/mol. The number of hydrogen-bond acceptors (Lipinski definition) is 4. The average Bonchev–Trinajstić information content (AvgIpc) is 2.61. The van der Waals surface area contributed by atoms with Gasteiger partial charge in [-0.3, -0.25) is 4.79 Å². The van der Waals surface area contributed by atoms with Crippen LogP contribution < -0.4 is 14.8 Å². The molecule has 120 valence electrons. The van der Waals surface area contributed by atoms with Crippen LogP contribution in [-0.4, -0.2) is 25.9 Å². The molecule has 0 unspecified atom stereocenters. The maximum absolute atomic E-state index is 12.7. The van der Waals surface area contributed by atoms with Crippen LogP contribution in [0.25, 0.3) is 0 Å². The monoisotopic (exact) mass is 329 g/mol. The Morgan fingerprint density at radius 1 is 1.17 bits per heavy atom. The molecule has 0 spiro atoms. The Kier molecular flexibility index (Phi) is 4.76. The van der Waals surface area contributed by atoms with Crippen molar-refractivity contribution < 1.29 is 14.3 Å². The van der Waals surface area contributed by atoms with Gasteiger partial charge in [0.25, 0.3) is 5.91 Å². The Labute approximate surface area is 140 Å². The Balaban J connectivity index is 1.86. The maximum atomic E-state index is 12.7. The molecule has 0 bridgehead atoms. The van der Waals surface area contributed by atoms with E-state index in [0.717, 1.165) is 12.2 Å². The van der Waals surface area contributed by atoms with E-state index in [1.807, 2.05) is 23.9 Å². The van der Waals surface area contributed by atoms with E-state index in [0.29, 0.717) is 17.1 Å². The van der Waals surface area contributed by atoms with Crippen molar-refractivity contribution in [2.24, 2.45) is 0 Å². The van der Waals surface area contributed by atoms with Crippen LogP contribution in [0.3, 0.4) is 0 Å². The van der Waals surface area contributed by atoms with Gasteiger partial charge in [0.15, 0.2) is 0 Å². The standard InChI is InChI=1S/C18H19NO3S/c1-21-12-7-8-16(22-2)14(11-12)18(20)19-15-9-10-23-17-6-4-3-5-13(15)17/h3-8,11,15H,9-10H2,1-2H3,(H,19,20)/t15-/m0/s1. The van der Waals surface area contributed by atoms with Crippen LogP contribution in [0.4, 0.5) is 0 Å². The van der Waals surface area contributed by atoms with Gasteiger partial charge in [-0.2, -0.15) is 0 Å². The van der Waals surface area contributed by atoms with Gasteiger partial charge in [-0.1, -0.05) is 18.2 Å². The highest BCUT2D eigenvalue weighted by molar-refractivity contribution is 7.99. The summed E-state index contributed by atoms with van der Waals surface area (Å²) in [6.07, 6.45) is 0.916. The van der Waals surface area contributed by atoms with Crippen molar-refractivity contribution in [3.63, 3.8) is 0 Å². The number of carbonyl (C=O) groups excluding carboxylic acids is 1. The lowest BCUT2D eigenvalue weighted by atomic mass is 10.0. The van der Waals surface area contributed by atoms with E-state index >= 15 is 0 Å². The molecule has 2 aromatic rings. The summed E-state index contributed by atoms with van der Waals surface area (Å²) in [7, 11) is 3.14. The van der Waals surface area contributed by atoms with Crippen molar-refractivity contribution in [1.82, 2.24) is 5.32 Å². The van der Waals surface area contributed by atoms with Crippen LogP contribution in [0.5, 0.6) is 11.5 Å². The predicted molar refractivity (Wildman–Crippen MR) is 91.5 cm³/mol. The highest BCUT2D eigenvalue weighted by atomic mass is 32.2. The fraction of sp³-hybridized carbons (Fsp3) is 0.278. The number of benzene rings is 2. The third kappa shape index (κ3) is 3.29. The molecule has 1 aliphatic rings. The molecule has 1 aliphatic heterocycles. The Morgan fingerprint density at radius 2 is 2.00 bits per heavy atom. The maximum Gasteiger partial charge on any atom is 0.255 e. The van der Waals surface area contributed by atoms with Crippen molar-refractivity contribution in [2.45, 2.75) is 17.4 Å². The van der Waals surface area contributed by atoms with E-state index in [4.69, 9.17) is 9.47 Å². The minimum absolute atomic E-state index is 0.0239. The first-order chi connectivity index (χ1) is 11.2. The van der Waals surface area contributed by atoms with E-state index in [2.05, 4.69) is 17.4 Å². The molecule has 0 fully saturated rings. The molecule has 0 saturated heterocycles. The number of rotatable bonds is 4. The van der Waals surface area contributed by atoms with E-state index in [9.17, 15) is 4.79 Å². The molecule has 0 aromatic heterocycles. The Bertz CT molecular complexity index is 717. The zero-order chi connectivity index (χ0) is 16.2. The second-order valence-corrected chi connectivity index (χ2v) is 6.40. The minimum Gasteiger partial charge on any atom is -0.497 e. The van der Waals surface area contributed by atoms with E-state index in [1.165, 1.54) is 10.5 Å². The molecule has 1 atom stereocenters. The number of methoxy groups -OCH3 is 2. The van der Waals surface area contributed by atoms with Crippen molar-refractivity contribution >= 4 is 17.7 Å². The number of thioether (sulfide) groups is 1. The lowest BCUT2D eigenvalue weighted by Crippen LogP contribution is -2.30. The summed E-state index contributed by atoms with van der Waals surface area (Å²) in [6.45, 7) is 0. The zero-order valence-electron chi connectivity index (χ0n) is 13.2. The molecule has 0 radical (unpaired) electrons. The molecule has 23 heavy (non-hydrogen) atoms. The summed E-state index contributed by atoms with van der Waals surface area (Å²) in [5.41, 5.74) is 1.67. The van der Waals surface area contributed by atoms with Gasteiger partial charge in [0.2, 0.25) is 0 Å². The van der Waals surface area contributed by atoms with Crippen LogP contribution in [0.2, 0.25) is 0 Å². The summed E-state index contributed by atoms with van der Waals surface area (Å²) in [6, 6.07) is 13.5. The fourth-order valence-electron chi connectivity index (χ4n) is 2.72. The van der Waals surface area contributed by atoms with Gasteiger partial charge < -0.3 is 14.8 Å². The summed E-state index contributed by atoms with van der Waals surface area (Å²) in [5.74, 6) is 2.03. The lowest BCUT2D eigenvalue weighted by molar-refractivity contribution is 0.0931. The molecule has 1 heterocycles. The van der Waals surface area contributed by atoms with Crippen molar-refractivity contribution in [3.8, 4) is 11.5 Å². The quantitative estimate of drug-likeness (QED) is 0.930. The highest BCUT2D eigenvalue weighted by Crippen LogP contribution is 2.36. The fourth-order valence-corrected chi connectivity index (χ4v) is 3.84. The molecular formula is C18H19NO3S. The van der Waals surface area contributed by atoms with Crippen LogP contribution in [0, 0.1) is 0 Å². The van der Waals surface area contributed by atoms with Gasteiger partial charge in [-0.05, 0) is 36.2 Å². The van der Waals surface area contributed by atoms with E-state index < -0.39 is 0 Å². The molecular weight excluding hydrogens is 310 g/mol. The Morgan fingerprint density at radius 3 is 2.78 bits per heavy atom. The van der Waals surface area contributed by atoms with Crippen LogP contribution in [0.15, 0.2) is 47.4 Å². The minimum atomic E-state index is -0.146. The van der Waals surface area contributed by atoms with Gasteiger partial charge in [0, 0.05) is 10.6 Å². The van der Waals surface area contributed by atoms with Crippen molar-refractivity contribution in [2.75, 3.05) is 20.0 Å². The number of ether oxygens (including phenoxy) is 2.